The van der Waals surface area contributed by atoms with E-state index in [4.69, 9.17) is 0 Å². The molecule has 114 valence electrons. The van der Waals surface area contributed by atoms with Gasteiger partial charge in [0.05, 0.1) is 5.41 Å². The maximum absolute atomic E-state index is 12.1. The van der Waals surface area contributed by atoms with Crippen LogP contribution in [-0.4, -0.2) is 35.0 Å². The number of likely N-dealkylation sites (tertiary alicyclic amines) is 1. The van der Waals surface area contributed by atoms with Gasteiger partial charge < -0.3 is 10.0 Å². The van der Waals surface area contributed by atoms with E-state index in [-0.39, 0.29) is 5.91 Å². The van der Waals surface area contributed by atoms with Gasteiger partial charge in [-0.25, -0.2) is 0 Å². The second-order valence-corrected chi connectivity index (χ2v) is 5.74. The largest absolute Gasteiger partial charge is 0.481 e. The van der Waals surface area contributed by atoms with E-state index >= 15 is 0 Å². The summed E-state index contributed by atoms with van der Waals surface area (Å²) >= 11 is 0. The summed E-state index contributed by atoms with van der Waals surface area (Å²) in [7, 11) is 0. The second-order valence-electron chi connectivity index (χ2n) is 5.74. The van der Waals surface area contributed by atoms with Crippen LogP contribution in [0, 0.1) is 0 Å². The van der Waals surface area contributed by atoms with Crippen molar-refractivity contribution in [3.05, 3.63) is 35.9 Å². The first-order valence-corrected chi connectivity index (χ1v) is 7.67. The van der Waals surface area contributed by atoms with Crippen LogP contribution in [0.25, 0.3) is 0 Å². The van der Waals surface area contributed by atoms with Crippen LogP contribution in [-0.2, 0) is 15.0 Å². The molecule has 0 radical (unpaired) electrons. The van der Waals surface area contributed by atoms with Gasteiger partial charge in [0, 0.05) is 19.5 Å². The summed E-state index contributed by atoms with van der Waals surface area (Å²) < 4.78 is 0. The monoisotopic (exact) mass is 289 g/mol. The zero-order valence-electron chi connectivity index (χ0n) is 12.5. The van der Waals surface area contributed by atoms with E-state index in [2.05, 4.69) is 6.92 Å². The minimum absolute atomic E-state index is 0.156. The van der Waals surface area contributed by atoms with Gasteiger partial charge in [0.25, 0.3) is 0 Å². The summed E-state index contributed by atoms with van der Waals surface area (Å²) in [4.78, 5) is 25.7. The summed E-state index contributed by atoms with van der Waals surface area (Å²) in [5.41, 5.74) is 0.00107. The fraction of sp³-hybridized carbons (Fsp3) is 0.529. The number of carboxylic acids is 1. The number of carbonyl (C=O) groups is 2. The molecule has 0 aliphatic carbocycles. The molecular formula is C17H23NO3. The minimum Gasteiger partial charge on any atom is -0.481 e. The fourth-order valence-electron chi connectivity index (χ4n) is 3.01. The third-order valence-electron chi connectivity index (χ3n) is 4.45. The van der Waals surface area contributed by atoms with Crippen molar-refractivity contribution in [1.82, 2.24) is 4.90 Å². The smallest absolute Gasteiger partial charge is 0.314 e. The van der Waals surface area contributed by atoms with Crippen LogP contribution in [0.1, 0.15) is 44.6 Å². The molecule has 0 spiro atoms. The van der Waals surface area contributed by atoms with Gasteiger partial charge in [0.15, 0.2) is 0 Å². The Labute approximate surface area is 125 Å². The number of amides is 1. The van der Waals surface area contributed by atoms with E-state index in [0.29, 0.717) is 32.4 Å². The molecule has 1 aliphatic heterocycles. The van der Waals surface area contributed by atoms with Gasteiger partial charge in [-0.05, 0) is 24.8 Å². The molecule has 1 fully saturated rings. The quantitative estimate of drug-likeness (QED) is 0.906. The molecule has 1 aliphatic rings. The highest BCUT2D eigenvalue weighted by atomic mass is 16.4. The van der Waals surface area contributed by atoms with Crippen molar-refractivity contribution in [1.29, 1.82) is 0 Å². The van der Waals surface area contributed by atoms with Crippen molar-refractivity contribution in [3.8, 4) is 0 Å². The van der Waals surface area contributed by atoms with Crippen molar-refractivity contribution in [2.45, 2.75) is 44.4 Å². The minimum atomic E-state index is -0.844. The van der Waals surface area contributed by atoms with Crippen LogP contribution < -0.4 is 0 Å². The summed E-state index contributed by atoms with van der Waals surface area (Å²) in [5.74, 6) is -0.627. The third kappa shape index (κ3) is 3.26. The first-order chi connectivity index (χ1) is 10.1. The van der Waals surface area contributed by atoms with Gasteiger partial charge in [-0.2, -0.15) is 0 Å². The summed E-state index contributed by atoms with van der Waals surface area (Å²) in [6, 6.07) is 9.39. The number of carboxylic acid groups (broad SMARTS) is 1. The van der Waals surface area contributed by atoms with E-state index in [0.717, 1.165) is 18.4 Å². The predicted molar refractivity (Wildman–Crippen MR) is 81.1 cm³/mol. The highest BCUT2D eigenvalue weighted by Crippen LogP contribution is 2.36. The Balaban J connectivity index is 2.09. The number of nitrogens with zero attached hydrogens (tertiary/aromatic N) is 1. The molecule has 4 nitrogen and oxygen atoms in total. The van der Waals surface area contributed by atoms with Crippen LogP contribution in [0.3, 0.4) is 0 Å². The lowest BCUT2D eigenvalue weighted by Crippen LogP contribution is -2.49. The number of unbranched alkanes of at least 4 members (excludes halogenated alkanes) is 1. The van der Waals surface area contributed by atoms with Gasteiger partial charge in [0.2, 0.25) is 5.91 Å². The Morgan fingerprint density at radius 3 is 2.33 bits per heavy atom. The molecule has 1 saturated heterocycles. The zero-order valence-corrected chi connectivity index (χ0v) is 12.5. The number of piperidine rings is 1. The Bertz CT molecular complexity index is 490. The molecule has 1 amide bonds. The molecule has 1 N–H and O–H groups in total. The highest BCUT2D eigenvalue weighted by molar-refractivity contribution is 5.82. The van der Waals surface area contributed by atoms with Crippen LogP contribution in [0.5, 0.6) is 0 Å². The number of hydrogen-bond donors (Lipinski definition) is 1. The standard InChI is InChI=1S/C17H23NO3/c1-2-3-9-15(19)18-12-10-17(11-13-18,16(20)21)14-7-5-4-6-8-14/h4-8H,2-3,9-13H2,1H3,(H,20,21). The number of hydrogen-bond acceptors (Lipinski definition) is 2. The molecule has 0 unspecified atom stereocenters. The summed E-state index contributed by atoms with van der Waals surface area (Å²) in [6.45, 7) is 3.13. The van der Waals surface area contributed by atoms with Gasteiger partial charge >= 0.3 is 5.97 Å². The molecule has 0 aromatic heterocycles. The Morgan fingerprint density at radius 2 is 1.81 bits per heavy atom. The lowest BCUT2D eigenvalue weighted by atomic mass is 9.73. The molecule has 4 heteroatoms. The topological polar surface area (TPSA) is 57.6 Å². The molecule has 0 saturated carbocycles. The van der Waals surface area contributed by atoms with Crippen LogP contribution in [0.2, 0.25) is 0 Å². The van der Waals surface area contributed by atoms with E-state index in [1.54, 1.807) is 0 Å². The van der Waals surface area contributed by atoms with Gasteiger partial charge in [-0.15, -0.1) is 0 Å². The first-order valence-electron chi connectivity index (χ1n) is 7.67. The van der Waals surface area contributed by atoms with Crippen LogP contribution in [0.15, 0.2) is 30.3 Å². The Kier molecular flexibility index (Phi) is 4.99. The molecule has 0 bridgehead atoms. The van der Waals surface area contributed by atoms with E-state index in [1.165, 1.54) is 0 Å². The second kappa shape index (κ2) is 6.74. The average molecular weight is 289 g/mol. The zero-order chi connectivity index (χ0) is 15.3. The van der Waals surface area contributed by atoms with Crippen LogP contribution >= 0.6 is 0 Å². The van der Waals surface area contributed by atoms with E-state index in [1.807, 2.05) is 35.2 Å². The lowest BCUT2D eigenvalue weighted by Gasteiger charge is -2.39. The Morgan fingerprint density at radius 1 is 1.19 bits per heavy atom. The van der Waals surface area contributed by atoms with Gasteiger partial charge in [0.1, 0.15) is 0 Å². The molecule has 1 aromatic rings. The molecular weight excluding hydrogens is 266 g/mol. The number of rotatable bonds is 5. The lowest BCUT2D eigenvalue weighted by molar-refractivity contribution is -0.148. The maximum atomic E-state index is 12.1. The van der Waals surface area contributed by atoms with Crippen molar-refractivity contribution >= 4 is 11.9 Å². The molecule has 0 atom stereocenters. The third-order valence-corrected chi connectivity index (χ3v) is 4.45. The Hall–Kier alpha value is -1.84. The average Bonchev–Trinajstić information content (AvgIpc) is 2.53. The maximum Gasteiger partial charge on any atom is 0.314 e. The van der Waals surface area contributed by atoms with Crippen LogP contribution in [0.4, 0.5) is 0 Å². The SMILES string of the molecule is CCCCC(=O)N1CCC(C(=O)O)(c2ccccc2)CC1. The number of benzene rings is 1. The van der Waals surface area contributed by atoms with Crippen molar-refractivity contribution in [3.63, 3.8) is 0 Å². The molecule has 21 heavy (non-hydrogen) atoms. The molecule has 1 aromatic carbocycles. The van der Waals surface area contributed by atoms with Crippen molar-refractivity contribution < 1.29 is 14.7 Å². The van der Waals surface area contributed by atoms with Gasteiger partial charge in [-0.1, -0.05) is 43.7 Å². The fourth-order valence-corrected chi connectivity index (χ4v) is 3.01. The number of aliphatic carboxylic acids is 1. The summed E-state index contributed by atoms with van der Waals surface area (Å²) in [5, 5.41) is 9.71. The van der Waals surface area contributed by atoms with E-state index in [9.17, 15) is 14.7 Å². The van der Waals surface area contributed by atoms with E-state index < -0.39 is 11.4 Å². The van der Waals surface area contributed by atoms with Gasteiger partial charge in [-0.3, -0.25) is 9.59 Å². The summed E-state index contributed by atoms with van der Waals surface area (Å²) in [6.07, 6.45) is 3.46. The van der Waals surface area contributed by atoms with Crippen molar-refractivity contribution in [2.75, 3.05) is 13.1 Å². The first kappa shape index (κ1) is 15.5. The highest BCUT2D eigenvalue weighted by Gasteiger charge is 2.43. The normalized spacial score (nSPS) is 17.5. The predicted octanol–water partition coefficient (Wildman–Crippen LogP) is 2.82. The number of carbonyl (C=O) groups excluding carboxylic acids is 1. The molecule has 2 rings (SSSR count). The van der Waals surface area contributed by atoms with Crippen molar-refractivity contribution in [2.24, 2.45) is 0 Å². The molecule has 1 heterocycles.